The number of rotatable bonds is 7. The minimum atomic E-state index is 0.140. The van der Waals surface area contributed by atoms with Crippen LogP contribution in [0.4, 0.5) is 0 Å². The molecule has 2 aliphatic rings. The Morgan fingerprint density at radius 3 is 2.50 bits per heavy atom. The lowest BCUT2D eigenvalue weighted by Crippen LogP contribution is -2.49. The second kappa shape index (κ2) is 9.81. The van der Waals surface area contributed by atoms with Crippen LogP contribution in [0.2, 0.25) is 0 Å². The summed E-state index contributed by atoms with van der Waals surface area (Å²) in [6.07, 6.45) is 5.35. The van der Waals surface area contributed by atoms with Gasteiger partial charge in [-0.15, -0.1) is 0 Å². The number of nitrogens with zero attached hydrogens (tertiary/aromatic N) is 4. The third kappa shape index (κ3) is 4.70. The lowest BCUT2D eigenvalue weighted by molar-refractivity contribution is -0.133. The molecule has 1 aliphatic carbocycles. The molecule has 0 saturated carbocycles. The summed E-state index contributed by atoms with van der Waals surface area (Å²) in [6, 6.07) is 3.92. The summed E-state index contributed by atoms with van der Waals surface area (Å²) in [4.78, 5) is 17.1. The normalized spacial score (nSPS) is 18.9. The zero-order valence-corrected chi connectivity index (χ0v) is 19.6. The predicted molar refractivity (Wildman–Crippen MR) is 121 cm³/mol. The molecule has 1 atom stereocenters. The van der Waals surface area contributed by atoms with E-state index < -0.39 is 0 Å². The molecule has 32 heavy (non-hydrogen) atoms. The molecular weight excluding hydrogens is 408 g/mol. The second-order valence-corrected chi connectivity index (χ2v) is 8.80. The second-order valence-electron chi connectivity index (χ2n) is 8.80. The van der Waals surface area contributed by atoms with Crippen molar-refractivity contribution in [2.75, 3.05) is 47.5 Å². The van der Waals surface area contributed by atoms with Crippen molar-refractivity contribution in [3.63, 3.8) is 0 Å². The van der Waals surface area contributed by atoms with Gasteiger partial charge in [-0.05, 0) is 36.8 Å². The van der Waals surface area contributed by atoms with Gasteiger partial charge in [0.15, 0.2) is 11.5 Å². The van der Waals surface area contributed by atoms with Crippen LogP contribution in [0, 0.1) is 5.92 Å². The molecular formula is C24H34N4O4. The Bertz CT molecular complexity index is 950. The summed E-state index contributed by atoms with van der Waals surface area (Å²) >= 11 is 0. The van der Waals surface area contributed by atoms with E-state index in [1.807, 2.05) is 21.7 Å². The van der Waals surface area contributed by atoms with E-state index in [4.69, 9.17) is 14.2 Å². The van der Waals surface area contributed by atoms with Crippen LogP contribution in [0.15, 0.2) is 18.3 Å². The maximum absolute atomic E-state index is 12.9. The van der Waals surface area contributed by atoms with Gasteiger partial charge in [-0.2, -0.15) is 5.10 Å². The monoisotopic (exact) mass is 442 g/mol. The van der Waals surface area contributed by atoms with Crippen LogP contribution < -0.4 is 14.2 Å². The SMILES string of the molecule is COc1ccc(CN2CCN(C(=O)Cn3cc4c(n3)CCC(C)C4)CC2)c(OC)c1OC. The summed E-state index contributed by atoms with van der Waals surface area (Å²) in [6.45, 7) is 6.40. The van der Waals surface area contributed by atoms with E-state index in [1.165, 1.54) is 17.7 Å². The average Bonchev–Trinajstić information content (AvgIpc) is 3.20. The van der Waals surface area contributed by atoms with Crippen LogP contribution in [-0.2, 0) is 30.7 Å². The number of fused-ring (bicyclic) bond motifs is 1. The van der Waals surface area contributed by atoms with Crippen molar-refractivity contribution in [3.05, 3.63) is 35.2 Å². The van der Waals surface area contributed by atoms with Crippen molar-refractivity contribution >= 4 is 5.91 Å². The van der Waals surface area contributed by atoms with Gasteiger partial charge in [0.1, 0.15) is 6.54 Å². The van der Waals surface area contributed by atoms with Crippen molar-refractivity contribution in [1.82, 2.24) is 19.6 Å². The summed E-state index contributed by atoms with van der Waals surface area (Å²) in [5, 5.41) is 4.66. The van der Waals surface area contributed by atoms with Crippen molar-refractivity contribution in [1.29, 1.82) is 0 Å². The predicted octanol–water partition coefficient (Wildman–Crippen LogP) is 2.38. The average molecular weight is 443 g/mol. The van der Waals surface area contributed by atoms with Crippen LogP contribution in [-0.4, -0.2) is 73.0 Å². The van der Waals surface area contributed by atoms with Crippen molar-refractivity contribution < 1.29 is 19.0 Å². The molecule has 1 unspecified atom stereocenters. The lowest BCUT2D eigenvalue weighted by atomic mass is 9.89. The van der Waals surface area contributed by atoms with Gasteiger partial charge in [0.2, 0.25) is 11.7 Å². The van der Waals surface area contributed by atoms with Crippen LogP contribution in [0.25, 0.3) is 0 Å². The summed E-state index contributed by atoms with van der Waals surface area (Å²) in [5.41, 5.74) is 3.52. The minimum absolute atomic E-state index is 0.140. The van der Waals surface area contributed by atoms with Crippen molar-refractivity contribution in [3.8, 4) is 17.2 Å². The minimum Gasteiger partial charge on any atom is -0.493 e. The van der Waals surface area contributed by atoms with Crippen LogP contribution in [0.1, 0.15) is 30.2 Å². The number of hydrogen-bond donors (Lipinski definition) is 0. The van der Waals surface area contributed by atoms with Crippen LogP contribution in [0.3, 0.4) is 0 Å². The largest absolute Gasteiger partial charge is 0.493 e. The molecule has 2 heterocycles. The molecule has 1 fully saturated rings. The van der Waals surface area contributed by atoms with E-state index in [0.717, 1.165) is 38.0 Å². The molecule has 1 aromatic carbocycles. The molecule has 1 aromatic heterocycles. The number of benzene rings is 1. The lowest BCUT2D eigenvalue weighted by Gasteiger charge is -2.35. The van der Waals surface area contributed by atoms with E-state index >= 15 is 0 Å². The molecule has 8 heteroatoms. The first kappa shape index (κ1) is 22.5. The van der Waals surface area contributed by atoms with E-state index in [-0.39, 0.29) is 5.91 Å². The Morgan fingerprint density at radius 2 is 1.81 bits per heavy atom. The highest BCUT2D eigenvalue weighted by Gasteiger charge is 2.25. The van der Waals surface area contributed by atoms with Gasteiger partial charge in [0.05, 0.1) is 27.0 Å². The van der Waals surface area contributed by atoms with Crippen LogP contribution in [0.5, 0.6) is 17.2 Å². The Kier molecular flexibility index (Phi) is 6.89. The standard InChI is InChI=1S/C24H34N4O4/c1-17-5-7-20-19(13-17)15-28(25-20)16-22(29)27-11-9-26(10-12-27)14-18-6-8-21(30-2)24(32-4)23(18)31-3/h6,8,15,17H,5,7,9-14,16H2,1-4H3. The van der Waals surface area contributed by atoms with Crippen LogP contribution >= 0.6 is 0 Å². The highest BCUT2D eigenvalue weighted by Crippen LogP contribution is 2.40. The molecule has 0 N–H and O–H groups in total. The smallest absolute Gasteiger partial charge is 0.244 e. The first-order valence-electron chi connectivity index (χ1n) is 11.4. The number of amides is 1. The zero-order valence-electron chi connectivity index (χ0n) is 19.6. The first-order chi connectivity index (χ1) is 15.5. The number of hydrogen-bond acceptors (Lipinski definition) is 6. The van der Waals surface area contributed by atoms with E-state index in [0.29, 0.717) is 42.8 Å². The highest BCUT2D eigenvalue weighted by atomic mass is 16.5. The Hall–Kier alpha value is -2.74. The van der Waals surface area contributed by atoms with Crippen molar-refractivity contribution in [2.45, 2.75) is 39.3 Å². The molecule has 1 aliphatic heterocycles. The molecule has 1 amide bonds. The van der Waals surface area contributed by atoms with Gasteiger partial charge < -0.3 is 19.1 Å². The van der Waals surface area contributed by atoms with Gasteiger partial charge in [-0.3, -0.25) is 14.4 Å². The molecule has 0 spiro atoms. The first-order valence-corrected chi connectivity index (χ1v) is 11.4. The molecule has 0 bridgehead atoms. The third-order valence-corrected chi connectivity index (χ3v) is 6.57. The molecule has 1 saturated heterocycles. The number of carbonyl (C=O) groups is 1. The van der Waals surface area contributed by atoms with Crippen molar-refractivity contribution in [2.24, 2.45) is 5.92 Å². The quantitative estimate of drug-likeness (QED) is 0.656. The van der Waals surface area contributed by atoms with E-state index in [1.54, 1.807) is 21.3 Å². The highest BCUT2D eigenvalue weighted by molar-refractivity contribution is 5.76. The van der Waals surface area contributed by atoms with Gasteiger partial charge in [-0.25, -0.2) is 0 Å². The van der Waals surface area contributed by atoms with E-state index in [9.17, 15) is 4.79 Å². The summed E-state index contributed by atoms with van der Waals surface area (Å²) in [5.74, 6) is 2.80. The zero-order chi connectivity index (χ0) is 22.7. The number of carbonyl (C=O) groups excluding carboxylic acids is 1. The molecule has 8 nitrogen and oxygen atoms in total. The van der Waals surface area contributed by atoms with E-state index in [2.05, 4.69) is 23.1 Å². The maximum Gasteiger partial charge on any atom is 0.244 e. The number of ether oxygens (including phenoxy) is 3. The summed E-state index contributed by atoms with van der Waals surface area (Å²) < 4.78 is 18.3. The third-order valence-electron chi connectivity index (χ3n) is 6.57. The number of aromatic nitrogens is 2. The maximum atomic E-state index is 12.9. The number of aryl methyl sites for hydroxylation is 1. The molecule has 0 radical (unpaired) electrons. The fourth-order valence-electron chi connectivity index (χ4n) is 4.75. The molecule has 4 rings (SSSR count). The Morgan fingerprint density at radius 1 is 1.06 bits per heavy atom. The number of methoxy groups -OCH3 is 3. The van der Waals surface area contributed by atoms with Gasteiger partial charge in [0, 0.05) is 44.5 Å². The Balaban J connectivity index is 1.33. The molecule has 2 aromatic rings. The molecule has 174 valence electrons. The topological polar surface area (TPSA) is 69.1 Å². The fraction of sp³-hybridized carbons (Fsp3) is 0.583. The fourth-order valence-corrected chi connectivity index (χ4v) is 4.75. The summed E-state index contributed by atoms with van der Waals surface area (Å²) in [7, 11) is 4.88. The van der Waals surface area contributed by atoms with Gasteiger partial charge in [0.25, 0.3) is 0 Å². The number of piperazine rings is 1. The Labute approximate surface area is 190 Å². The van der Waals surface area contributed by atoms with Gasteiger partial charge >= 0.3 is 0 Å². The van der Waals surface area contributed by atoms with Gasteiger partial charge in [-0.1, -0.05) is 13.0 Å².